The molecule has 5 heteroatoms. The second-order valence-electron chi connectivity index (χ2n) is 6.28. The Morgan fingerprint density at radius 2 is 1.92 bits per heavy atom. The number of hydrogen-bond acceptors (Lipinski definition) is 4. The number of furan rings is 1. The molecule has 1 saturated heterocycles. The van der Waals surface area contributed by atoms with Crippen molar-refractivity contribution in [2.45, 2.75) is 19.4 Å². The Bertz CT molecular complexity index is 646. The van der Waals surface area contributed by atoms with E-state index in [-0.39, 0.29) is 5.91 Å². The summed E-state index contributed by atoms with van der Waals surface area (Å²) in [7, 11) is 2.16. The first-order valence-electron chi connectivity index (χ1n) is 8.53. The molecule has 0 aliphatic carbocycles. The Labute approximate surface area is 143 Å². The highest BCUT2D eigenvalue weighted by atomic mass is 16.3. The second kappa shape index (κ2) is 8.02. The predicted molar refractivity (Wildman–Crippen MR) is 95.0 cm³/mol. The molecule has 1 aromatic heterocycles. The van der Waals surface area contributed by atoms with Crippen molar-refractivity contribution in [1.82, 2.24) is 10.2 Å². The van der Waals surface area contributed by atoms with Crippen LogP contribution < -0.4 is 10.2 Å². The largest absolute Gasteiger partial charge is 0.469 e. The average molecular weight is 327 g/mol. The van der Waals surface area contributed by atoms with Crippen molar-refractivity contribution in [2.24, 2.45) is 0 Å². The lowest BCUT2D eigenvalue weighted by molar-refractivity contribution is -0.121. The number of hydrogen-bond donors (Lipinski definition) is 1. The maximum absolute atomic E-state index is 12.1. The van der Waals surface area contributed by atoms with Crippen LogP contribution in [0.5, 0.6) is 0 Å². The number of carbonyl (C=O) groups is 1. The molecule has 0 atom stereocenters. The first-order valence-corrected chi connectivity index (χ1v) is 8.53. The van der Waals surface area contributed by atoms with Gasteiger partial charge in [0.2, 0.25) is 5.91 Å². The predicted octanol–water partition coefficient (Wildman–Crippen LogP) is 2.28. The minimum absolute atomic E-state index is 0.0552. The molecular weight excluding hydrogens is 302 g/mol. The van der Waals surface area contributed by atoms with Crippen LogP contribution in [-0.4, -0.2) is 44.0 Å². The molecule has 1 aliphatic rings. The fourth-order valence-electron chi connectivity index (χ4n) is 2.99. The number of likely N-dealkylation sites (N-methyl/N-ethyl adjacent to an activating group) is 1. The highest BCUT2D eigenvalue weighted by Crippen LogP contribution is 2.21. The topological polar surface area (TPSA) is 48.7 Å². The maximum atomic E-state index is 12.1. The van der Waals surface area contributed by atoms with E-state index in [2.05, 4.69) is 40.4 Å². The van der Waals surface area contributed by atoms with Crippen LogP contribution in [0.15, 0.2) is 47.1 Å². The minimum Gasteiger partial charge on any atom is -0.469 e. The first kappa shape index (κ1) is 16.6. The molecule has 0 spiro atoms. The van der Waals surface area contributed by atoms with E-state index in [0.717, 1.165) is 31.9 Å². The van der Waals surface area contributed by atoms with Crippen LogP contribution >= 0.6 is 0 Å². The van der Waals surface area contributed by atoms with Gasteiger partial charge in [0, 0.05) is 51.3 Å². The number of carbonyl (C=O) groups excluding carboxylic acids is 1. The normalized spacial score (nSPS) is 15.5. The van der Waals surface area contributed by atoms with E-state index in [4.69, 9.17) is 4.42 Å². The maximum Gasteiger partial charge on any atom is 0.220 e. The molecule has 0 saturated carbocycles. The van der Waals surface area contributed by atoms with Gasteiger partial charge in [-0.1, -0.05) is 18.2 Å². The average Bonchev–Trinajstić information content (AvgIpc) is 3.13. The van der Waals surface area contributed by atoms with Gasteiger partial charge in [0.05, 0.1) is 6.26 Å². The van der Waals surface area contributed by atoms with Gasteiger partial charge in [-0.05, 0) is 30.8 Å². The van der Waals surface area contributed by atoms with Gasteiger partial charge in [0.1, 0.15) is 5.76 Å². The number of para-hydroxylation sites is 1. The van der Waals surface area contributed by atoms with Gasteiger partial charge in [-0.3, -0.25) is 4.79 Å². The summed E-state index contributed by atoms with van der Waals surface area (Å²) < 4.78 is 5.26. The smallest absolute Gasteiger partial charge is 0.220 e. The Morgan fingerprint density at radius 3 is 2.67 bits per heavy atom. The number of piperazine rings is 1. The molecule has 5 nitrogen and oxygen atoms in total. The van der Waals surface area contributed by atoms with Crippen molar-refractivity contribution < 1.29 is 9.21 Å². The van der Waals surface area contributed by atoms with Crippen molar-refractivity contribution in [3.05, 3.63) is 54.0 Å². The SMILES string of the molecule is CN1CCN(c2ccccc2CNC(=O)CCc2ccco2)CC1. The molecule has 2 aromatic rings. The van der Waals surface area contributed by atoms with Gasteiger partial charge in [-0.15, -0.1) is 0 Å². The minimum atomic E-state index is 0.0552. The number of aryl methyl sites for hydroxylation is 1. The zero-order valence-electron chi connectivity index (χ0n) is 14.2. The molecular formula is C19H25N3O2. The molecule has 3 rings (SSSR count). The third-order valence-electron chi connectivity index (χ3n) is 4.49. The Hall–Kier alpha value is -2.27. The van der Waals surface area contributed by atoms with Gasteiger partial charge >= 0.3 is 0 Å². The number of nitrogens with one attached hydrogen (secondary N) is 1. The van der Waals surface area contributed by atoms with Crippen molar-refractivity contribution >= 4 is 11.6 Å². The number of amides is 1. The van der Waals surface area contributed by atoms with E-state index in [1.165, 1.54) is 11.3 Å². The molecule has 1 aliphatic heterocycles. The molecule has 2 heterocycles. The molecule has 1 N–H and O–H groups in total. The fraction of sp³-hybridized carbons (Fsp3) is 0.421. The van der Waals surface area contributed by atoms with Gasteiger partial charge in [0.25, 0.3) is 0 Å². The Kier molecular flexibility index (Phi) is 5.54. The Morgan fingerprint density at radius 1 is 1.12 bits per heavy atom. The van der Waals surface area contributed by atoms with Crippen molar-refractivity contribution in [3.8, 4) is 0 Å². The number of rotatable bonds is 6. The Balaban J connectivity index is 1.54. The van der Waals surface area contributed by atoms with Gasteiger partial charge in [-0.25, -0.2) is 0 Å². The number of benzene rings is 1. The van der Waals surface area contributed by atoms with E-state index >= 15 is 0 Å². The summed E-state index contributed by atoms with van der Waals surface area (Å²) in [6.45, 7) is 4.77. The highest BCUT2D eigenvalue weighted by Gasteiger charge is 2.16. The van der Waals surface area contributed by atoms with Crippen LogP contribution in [0.3, 0.4) is 0 Å². The van der Waals surface area contributed by atoms with Crippen LogP contribution in [0.2, 0.25) is 0 Å². The summed E-state index contributed by atoms with van der Waals surface area (Å²) in [4.78, 5) is 16.8. The van der Waals surface area contributed by atoms with Gasteiger partial charge < -0.3 is 19.5 Å². The van der Waals surface area contributed by atoms with Crippen molar-refractivity contribution in [3.63, 3.8) is 0 Å². The third kappa shape index (κ3) is 4.38. The summed E-state index contributed by atoms with van der Waals surface area (Å²) in [6.07, 6.45) is 2.72. The standard InChI is InChI=1S/C19H25N3O2/c1-21-10-12-22(13-11-21)18-7-3-2-5-16(18)15-20-19(23)9-8-17-6-4-14-24-17/h2-7,14H,8-13,15H2,1H3,(H,20,23). The van der Waals surface area contributed by atoms with E-state index in [9.17, 15) is 4.79 Å². The summed E-state index contributed by atoms with van der Waals surface area (Å²) in [5.74, 6) is 0.905. The molecule has 1 fully saturated rings. The van der Waals surface area contributed by atoms with E-state index in [1.807, 2.05) is 18.2 Å². The van der Waals surface area contributed by atoms with Crippen molar-refractivity contribution in [2.75, 3.05) is 38.1 Å². The zero-order valence-corrected chi connectivity index (χ0v) is 14.2. The third-order valence-corrected chi connectivity index (χ3v) is 4.49. The molecule has 128 valence electrons. The van der Waals surface area contributed by atoms with Gasteiger partial charge in [0.15, 0.2) is 0 Å². The van der Waals surface area contributed by atoms with Crippen molar-refractivity contribution in [1.29, 1.82) is 0 Å². The summed E-state index contributed by atoms with van der Waals surface area (Å²) in [5.41, 5.74) is 2.41. The molecule has 1 aromatic carbocycles. The zero-order chi connectivity index (χ0) is 16.8. The lowest BCUT2D eigenvalue weighted by Crippen LogP contribution is -2.45. The van der Waals surface area contributed by atoms with Crippen LogP contribution in [0.25, 0.3) is 0 Å². The summed E-state index contributed by atoms with van der Waals surface area (Å²) in [6, 6.07) is 12.1. The molecule has 0 bridgehead atoms. The number of anilines is 1. The van der Waals surface area contributed by atoms with Crippen LogP contribution in [0, 0.1) is 0 Å². The van der Waals surface area contributed by atoms with E-state index < -0.39 is 0 Å². The van der Waals surface area contributed by atoms with Crippen LogP contribution in [-0.2, 0) is 17.8 Å². The highest BCUT2D eigenvalue weighted by molar-refractivity contribution is 5.76. The van der Waals surface area contributed by atoms with Crippen LogP contribution in [0.4, 0.5) is 5.69 Å². The van der Waals surface area contributed by atoms with E-state index in [1.54, 1.807) is 6.26 Å². The second-order valence-corrected chi connectivity index (χ2v) is 6.28. The number of nitrogens with zero attached hydrogens (tertiary/aromatic N) is 2. The summed E-state index contributed by atoms with van der Waals surface area (Å²) >= 11 is 0. The van der Waals surface area contributed by atoms with E-state index in [0.29, 0.717) is 19.4 Å². The lowest BCUT2D eigenvalue weighted by atomic mass is 10.1. The summed E-state index contributed by atoms with van der Waals surface area (Å²) in [5, 5.41) is 3.03. The quantitative estimate of drug-likeness (QED) is 0.884. The van der Waals surface area contributed by atoms with Gasteiger partial charge in [-0.2, -0.15) is 0 Å². The fourth-order valence-corrected chi connectivity index (χ4v) is 2.99. The molecule has 0 radical (unpaired) electrons. The van der Waals surface area contributed by atoms with Crippen LogP contribution in [0.1, 0.15) is 17.7 Å². The lowest BCUT2D eigenvalue weighted by Gasteiger charge is -2.35. The monoisotopic (exact) mass is 327 g/mol. The first-order chi connectivity index (χ1) is 11.7. The molecule has 24 heavy (non-hydrogen) atoms. The molecule has 1 amide bonds. The molecule has 0 unspecified atom stereocenters.